The van der Waals surface area contributed by atoms with Crippen molar-refractivity contribution in [1.82, 2.24) is 9.66 Å². The summed E-state index contributed by atoms with van der Waals surface area (Å²) in [6, 6.07) is 10.7. The SMILES string of the molecule is COc1cc2nc(C)n(/N=C/c3cc([N+](=O)[O-])c4ccccc4c3O)c(=O)c2cc1OC. The third-order valence-corrected chi connectivity index (χ3v) is 5.05. The number of phenols is 1. The number of nitro groups is 1. The predicted octanol–water partition coefficient (Wildman–Crippen LogP) is 3.37. The van der Waals surface area contributed by atoms with E-state index in [0.29, 0.717) is 27.8 Å². The van der Waals surface area contributed by atoms with Crippen LogP contribution in [-0.2, 0) is 0 Å². The summed E-state index contributed by atoms with van der Waals surface area (Å²) in [7, 11) is 2.94. The highest BCUT2D eigenvalue weighted by molar-refractivity contribution is 6.02. The van der Waals surface area contributed by atoms with Crippen molar-refractivity contribution in [3.8, 4) is 17.2 Å². The smallest absolute Gasteiger partial charge is 0.282 e. The Morgan fingerprint density at radius 1 is 1.09 bits per heavy atom. The quantitative estimate of drug-likeness (QED) is 0.290. The molecule has 10 heteroatoms. The maximum Gasteiger partial charge on any atom is 0.282 e. The van der Waals surface area contributed by atoms with Crippen LogP contribution >= 0.6 is 0 Å². The highest BCUT2D eigenvalue weighted by Gasteiger charge is 2.18. The van der Waals surface area contributed by atoms with Gasteiger partial charge in [-0.15, -0.1) is 0 Å². The number of phenolic OH excluding ortho intramolecular Hbond substituents is 1. The largest absolute Gasteiger partial charge is 0.507 e. The van der Waals surface area contributed by atoms with E-state index >= 15 is 0 Å². The normalized spacial score (nSPS) is 11.3. The van der Waals surface area contributed by atoms with Gasteiger partial charge in [-0.1, -0.05) is 18.2 Å². The number of nitrogens with zero attached hydrogens (tertiary/aromatic N) is 4. The molecule has 0 atom stereocenters. The van der Waals surface area contributed by atoms with Gasteiger partial charge in [0.05, 0.1) is 41.6 Å². The third-order valence-electron chi connectivity index (χ3n) is 5.05. The number of benzene rings is 3. The van der Waals surface area contributed by atoms with Crippen molar-refractivity contribution in [3.63, 3.8) is 0 Å². The van der Waals surface area contributed by atoms with Crippen molar-refractivity contribution in [1.29, 1.82) is 0 Å². The summed E-state index contributed by atoms with van der Waals surface area (Å²) in [5.74, 6) is 0.892. The molecule has 0 aliphatic heterocycles. The van der Waals surface area contributed by atoms with Gasteiger partial charge in [-0.05, 0) is 19.1 Å². The minimum absolute atomic E-state index is 0.0918. The molecule has 0 saturated heterocycles. The van der Waals surface area contributed by atoms with Crippen LogP contribution in [0.15, 0.2) is 52.4 Å². The monoisotopic (exact) mass is 434 g/mol. The Morgan fingerprint density at radius 2 is 1.75 bits per heavy atom. The molecular formula is C22H18N4O6. The van der Waals surface area contributed by atoms with Gasteiger partial charge in [-0.3, -0.25) is 14.9 Å². The third kappa shape index (κ3) is 3.37. The number of ether oxygens (including phenoxy) is 2. The number of aromatic hydroxyl groups is 1. The zero-order valence-corrected chi connectivity index (χ0v) is 17.4. The number of fused-ring (bicyclic) bond motifs is 2. The molecule has 3 aromatic carbocycles. The summed E-state index contributed by atoms with van der Waals surface area (Å²) in [6.07, 6.45) is 1.19. The zero-order chi connectivity index (χ0) is 23.0. The van der Waals surface area contributed by atoms with E-state index < -0.39 is 10.5 Å². The molecule has 0 amide bonds. The van der Waals surface area contributed by atoms with Gasteiger partial charge < -0.3 is 14.6 Å². The molecule has 0 saturated carbocycles. The van der Waals surface area contributed by atoms with Gasteiger partial charge in [-0.2, -0.15) is 9.78 Å². The van der Waals surface area contributed by atoms with Crippen molar-refractivity contribution < 1.29 is 19.5 Å². The number of nitro benzene ring substituents is 1. The van der Waals surface area contributed by atoms with E-state index in [9.17, 15) is 20.0 Å². The first-order valence-electron chi connectivity index (χ1n) is 9.44. The molecule has 0 bridgehead atoms. The van der Waals surface area contributed by atoms with Crippen LogP contribution in [0.3, 0.4) is 0 Å². The highest BCUT2D eigenvalue weighted by atomic mass is 16.6. The number of rotatable bonds is 5. The fourth-order valence-electron chi connectivity index (χ4n) is 3.48. The van der Waals surface area contributed by atoms with Crippen LogP contribution in [0.5, 0.6) is 17.2 Å². The van der Waals surface area contributed by atoms with Crippen molar-refractivity contribution in [2.75, 3.05) is 14.2 Å². The van der Waals surface area contributed by atoms with Crippen LogP contribution in [0, 0.1) is 17.0 Å². The van der Waals surface area contributed by atoms with E-state index in [4.69, 9.17) is 9.47 Å². The Morgan fingerprint density at radius 3 is 2.41 bits per heavy atom. The molecule has 10 nitrogen and oxygen atoms in total. The summed E-state index contributed by atoms with van der Waals surface area (Å²) in [4.78, 5) is 28.4. The Labute approximate surface area is 181 Å². The number of methoxy groups -OCH3 is 2. The fraction of sp³-hybridized carbons (Fsp3) is 0.136. The highest BCUT2D eigenvalue weighted by Crippen LogP contribution is 2.35. The van der Waals surface area contributed by atoms with Gasteiger partial charge in [0.2, 0.25) is 0 Å². The Hall–Kier alpha value is -4.47. The summed E-state index contributed by atoms with van der Waals surface area (Å²) in [5, 5.41) is 27.1. The van der Waals surface area contributed by atoms with Crippen LogP contribution in [0.1, 0.15) is 11.4 Å². The van der Waals surface area contributed by atoms with Gasteiger partial charge in [0.15, 0.2) is 11.5 Å². The van der Waals surface area contributed by atoms with Crippen LogP contribution in [-0.4, -0.2) is 40.1 Å². The van der Waals surface area contributed by atoms with E-state index in [0.717, 1.165) is 4.68 Å². The average Bonchev–Trinajstić information content (AvgIpc) is 2.79. The molecule has 0 aliphatic carbocycles. The number of hydrogen-bond donors (Lipinski definition) is 1. The van der Waals surface area contributed by atoms with E-state index in [-0.39, 0.29) is 28.2 Å². The standard InChI is InChI=1S/C22H18N4O6/c1-12-24-17-10-20(32-3)19(31-2)9-16(17)22(28)25(12)23-11-13-8-18(26(29)30)14-6-4-5-7-15(14)21(13)27/h4-11,27H,1-3H3/b23-11+. The lowest BCUT2D eigenvalue weighted by Crippen LogP contribution is -2.20. The maximum atomic E-state index is 13.1. The van der Waals surface area contributed by atoms with Crippen molar-refractivity contribution in [2.24, 2.45) is 5.10 Å². The minimum Gasteiger partial charge on any atom is -0.507 e. The average molecular weight is 434 g/mol. The summed E-state index contributed by atoms with van der Waals surface area (Å²) in [6.45, 7) is 1.59. The first kappa shape index (κ1) is 20.8. The van der Waals surface area contributed by atoms with E-state index in [1.165, 1.54) is 32.6 Å². The zero-order valence-electron chi connectivity index (χ0n) is 17.4. The molecule has 1 heterocycles. The van der Waals surface area contributed by atoms with Crippen molar-refractivity contribution >= 4 is 33.6 Å². The summed E-state index contributed by atoms with van der Waals surface area (Å²) in [5.41, 5.74) is -0.160. The number of aryl methyl sites for hydroxylation is 1. The first-order valence-corrected chi connectivity index (χ1v) is 9.44. The molecule has 4 aromatic rings. The molecule has 1 N–H and O–H groups in total. The Bertz CT molecular complexity index is 1480. The predicted molar refractivity (Wildman–Crippen MR) is 119 cm³/mol. The maximum absolute atomic E-state index is 13.1. The van der Waals surface area contributed by atoms with Crippen molar-refractivity contribution in [3.05, 3.63) is 74.3 Å². The Kier molecular flexibility index (Phi) is 5.19. The van der Waals surface area contributed by atoms with Gasteiger partial charge >= 0.3 is 0 Å². The first-order chi connectivity index (χ1) is 15.3. The number of aromatic nitrogens is 2. The van der Waals surface area contributed by atoms with E-state index in [2.05, 4.69) is 10.1 Å². The molecule has 32 heavy (non-hydrogen) atoms. The lowest BCUT2D eigenvalue weighted by molar-refractivity contribution is -0.383. The molecule has 0 unspecified atom stereocenters. The molecule has 0 radical (unpaired) electrons. The lowest BCUT2D eigenvalue weighted by atomic mass is 10.0. The van der Waals surface area contributed by atoms with Gasteiger partial charge in [-0.25, -0.2) is 4.98 Å². The van der Waals surface area contributed by atoms with Gasteiger partial charge in [0.25, 0.3) is 11.2 Å². The second-order valence-electron chi connectivity index (χ2n) is 6.88. The molecule has 0 aliphatic rings. The second kappa shape index (κ2) is 7.99. The molecule has 4 rings (SSSR count). The number of non-ortho nitro benzene ring substituents is 1. The van der Waals surface area contributed by atoms with Gasteiger partial charge in [0, 0.05) is 23.1 Å². The van der Waals surface area contributed by atoms with Gasteiger partial charge in [0.1, 0.15) is 11.6 Å². The molecule has 1 aromatic heterocycles. The molecule has 0 fully saturated rings. The topological polar surface area (TPSA) is 129 Å². The van der Waals surface area contributed by atoms with Crippen LogP contribution in [0.25, 0.3) is 21.7 Å². The summed E-state index contributed by atoms with van der Waals surface area (Å²) >= 11 is 0. The molecule has 162 valence electrons. The number of hydrogen-bond acceptors (Lipinski definition) is 8. The molecule has 0 spiro atoms. The minimum atomic E-state index is -0.534. The van der Waals surface area contributed by atoms with Crippen LogP contribution in [0.2, 0.25) is 0 Å². The second-order valence-corrected chi connectivity index (χ2v) is 6.88. The van der Waals surface area contributed by atoms with Crippen LogP contribution < -0.4 is 15.0 Å². The summed E-state index contributed by atoms with van der Waals surface area (Å²) < 4.78 is 11.6. The van der Waals surface area contributed by atoms with E-state index in [1.807, 2.05) is 0 Å². The lowest BCUT2D eigenvalue weighted by Gasteiger charge is -2.10. The van der Waals surface area contributed by atoms with Crippen LogP contribution in [0.4, 0.5) is 5.69 Å². The van der Waals surface area contributed by atoms with E-state index in [1.54, 1.807) is 37.3 Å². The van der Waals surface area contributed by atoms with Crippen molar-refractivity contribution in [2.45, 2.75) is 6.92 Å². The fourth-order valence-corrected chi connectivity index (χ4v) is 3.48. The Balaban J connectivity index is 1.89. The molecular weight excluding hydrogens is 416 g/mol.